The summed E-state index contributed by atoms with van der Waals surface area (Å²) in [5.74, 6) is 0.553. The van der Waals surface area contributed by atoms with Gasteiger partial charge in [0.25, 0.3) is 0 Å². The zero-order chi connectivity index (χ0) is 14.8. The van der Waals surface area contributed by atoms with Gasteiger partial charge in [-0.1, -0.05) is 24.3 Å². The van der Waals surface area contributed by atoms with Crippen molar-refractivity contribution in [2.45, 2.75) is 18.7 Å². The van der Waals surface area contributed by atoms with Crippen LogP contribution in [0.15, 0.2) is 47.4 Å². The minimum Gasteiger partial charge on any atom is -0.493 e. The SMILES string of the molecule is COc1ccccc1OS(=O)(=O)c1cc(C)ccc1C. The molecule has 0 aliphatic carbocycles. The average molecular weight is 292 g/mol. The van der Waals surface area contributed by atoms with Crippen LogP contribution in [-0.4, -0.2) is 15.5 Å². The minimum absolute atomic E-state index is 0.170. The summed E-state index contributed by atoms with van der Waals surface area (Å²) in [5, 5.41) is 0. The van der Waals surface area contributed by atoms with Crippen molar-refractivity contribution in [3.8, 4) is 11.5 Å². The molecule has 0 unspecified atom stereocenters. The molecule has 5 heteroatoms. The van der Waals surface area contributed by atoms with Gasteiger partial charge in [-0.25, -0.2) is 0 Å². The lowest BCUT2D eigenvalue weighted by Crippen LogP contribution is -2.12. The molecule has 4 nitrogen and oxygen atoms in total. The Hall–Kier alpha value is -2.01. The molecule has 2 aromatic carbocycles. The molecular formula is C15H16O4S. The van der Waals surface area contributed by atoms with Gasteiger partial charge in [0.2, 0.25) is 0 Å². The van der Waals surface area contributed by atoms with Gasteiger partial charge in [0, 0.05) is 0 Å². The van der Waals surface area contributed by atoms with Gasteiger partial charge in [0.1, 0.15) is 4.90 Å². The first-order valence-electron chi connectivity index (χ1n) is 6.09. The van der Waals surface area contributed by atoms with Crippen LogP contribution in [0.4, 0.5) is 0 Å². The zero-order valence-corrected chi connectivity index (χ0v) is 12.4. The van der Waals surface area contributed by atoms with Crippen molar-refractivity contribution in [2.75, 3.05) is 7.11 Å². The Labute approximate surface area is 119 Å². The lowest BCUT2D eigenvalue weighted by atomic mass is 10.2. The van der Waals surface area contributed by atoms with E-state index in [0.717, 1.165) is 5.56 Å². The van der Waals surface area contributed by atoms with Crippen molar-refractivity contribution in [2.24, 2.45) is 0 Å². The third-order valence-corrected chi connectivity index (χ3v) is 4.26. The lowest BCUT2D eigenvalue weighted by molar-refractivity contribution is 0.390. The van der Waals surface area contributed by atoms with Gasteiger partial charge >= 0.3 is 10.1 Å². The summed E-state index contributed by atoms with van der Waals surface area (Å²) in [6.45, 7) is 3.57. The van der Waals surface area contributed by atoms with Gasteiger partial charge in [0.05, 0.1) is 7.11 Å². The van der Waals surface area contributed by atoms with Gasteiger partial charge in [0.15, 0.2) is 11.5 Å². The summed E-state index contributed by atoms with van der Waals surface area (Å²) in [4.78, 5) is 0.170. The highest BCUT2D eigenvalue weighted by Crippen LogP contribution is 2.30. The fraction of sp³-hybridized carbons (Fsp3) is 0.200. The quantitative estimate of drug-likeness (QED) is 0.813. The Balaban J connectivity index is 2.43. The summed E-state index contributed by atoms with van der Waals surface area (Å²) in [6.07, 6.45) is 0. The number of benzene rings is 2. The van der Waals surface area contributed by atoms with Crippen LogP contribution in [0, 0.1) is 13.8 Å². The molecule has 0 aliphatic heterocycles. The highest BCUT2D eigenvalue weighted by Gasteiger charge is 2.21. The zero-order valence-electron chi connectivity index (χ0n) is 11.6. The molecule has 0 heterocycles. The normalized spacial score (nSPS) is 11.2. The first-order valence-corrected chi connectivity index (χ1v) is 7.49. The van der Waals surface area contributed by atoms with Gasteiger partial charge in [-0.2, -0.15) is 8.42 Å². The van der Waals surface area contributed by atoms with E-state index in [9.17, 15) is 8.42 Å². The Morgan fingerprint density at radius 3 is 2.25 bits per heavy atom. The number of aryl methyl sites for hydroxylation is 2. The van der Waals surface area contributed by atoms with Crippen LogP contribution in [0.5, 0.6) is 11.5 Å². The Morgan fingerprint density at radius 1 is 0.950 bits per heavy atom. The summed E-state index contributed by atoms with van der Waals surface area (Å²) >= 11 is 0. The Bertz CT molecular complexity index is 720. The second-order valence-electron chi connectivity index (χ2n) is 4.46. The minimum atomic E-state index is -3.88. The molecule has 0 aliphatic rings. The number of hydrogen-bond donors (Lipinski definition) is 0. The molecule has 0 bridgehead atoms. The topological polar surface area (TPSA) is 52.6 Å². The van der Waals surface area contributed by atoms with E-state index in [4.69, 9.17) is 8.92 Å². The van der Waals surface area contributed by atoms with Crippen LogP contribution in [0.25, 0.3) is 0 Å². The number of ether oxygens (including phenoxy) is 1. The molecule has 0 spiro atoms. The third kappa shape index (κ3) is 2.93. The number of hydrogen-bond acceptors (Lipinski definition) is 4. The molecule has 2 aromatic rings. The molecule has 0 radical (unpaired) electrons. The largest absolute Gasteiger partial charge is 0.493 e. The number of rotatable bonds is 4. The molecule has 0 aromatic heterocycles. The first-order chi connectivity index (χ1) is 9.44. The molecule has 0 amide bonds. The van der Waals surface area contributed by atoms with E-state index < -0.39 is 10.1 Å². The number of para-hydroxylation sites is 2. The van der Waals surface area contributed by atoms with Crippen LogP contribution >= 0.6 is 0 Å². The van der Waals surface area contributed by atoms with E-state index in [1.807, 2.05) is 13.0 Å². The standard InChI is InChI=1S/C15H16O4S/c1-11-8-9-12(2)15(10-11)20(16,17)19-14-7-5-4-6-13(14)18-3/h4-10H,1-3H3. The summed E-state index contributed by atoms with van der Waals surface area (Å²) in [5.41, 5.74) is 1.50. The maximum atomic E-state index is 12.4. The molecule has 0 atom stereocenters. The summed E-state index contributed by atoms with van der Waals surface area (Å²) < 4.78 is 35.0. The molecule has 106 valence electrons. The highest BCUT2D eigenvalue weighted by atomic mass is 32.2. The molecular weight excluding hydrogens is 276 g/mol. The van der Waals surface area contributed by atoms with Crippen LogP contribution < -0.4 is 8.92 Å². The summed E-state index contributed by atoms with van der Waals surface area (Å²) in [6, 6.07) is 11.9. The maximum absolute atomic E-state index is 12.4. The highest BCUT2D eigenvalue weighted by molar-refractivity contribution is 7.87. The first kappa shape index (κ1) is 14.4. The van der Waals surface area contributed by atoms with Gasteiger partial charge in [-0.3, -0.25) is 0 Å². The molecule has 0 saturated heterocycles. The Morgan fingerprint density at radius 2 is 1.60 bits per heavy atom. The van der Waals surface area contributed by atoms with Gasteiger partial charge in [-0.05, 0) is 43.2 Å². The fourth-order valence-electron chi connectivity index (χ4n) is 1.83. The van der Waals surface area contributed by atoms with Crippen molar-refractivity contribution < 1.29 is 17.3 Å². The van der Waals surface area contributed by atoms with Crippen molar-refractivity contribution in [1.29, 1.82) is 0 Å². The van der Waals surface area contributed by atoms with Gasteiger partial charge in [-0.15, -0.1) is 0 Å². The summed E-state index contributed by atoms with van der Waals surface area (Å²) in [7, 11) is -2.41. The van der Waals surface area contributed by atoms with Crippen molar-refractivity contribution >= 4 is 10.1 Å². The van der Waals surface area contributed by atoms with E-state index in [1.54, 1.807) is 43.3 Å². The smallest absolute Gasteiger partial charge is 0.339 e. The Kier molecular flexibility index (Phi) is 3.99. The van der Waals surface area contributed by atoms with Crippen LogP contribution in [0.3, 0.4) is 0 Å². The van der Waals surface area contributed by atoms with Crippen LogP contribution in [-0.2, 0) is 10.1 Å². The lowest BCUT2D eigenvalue weighted by Gasteiger charge is -2.12. The van der Waals surface area contributed by atoms with Crippen LogP contribution in [0.1, 0.15) is 11.1 Å². The molecule has 0 N–H and O–H groups in total. The van der Waals surface area contributed by atoms with Crippen molar-refractivity contribution in [3.63, 3.8) is 0 Å². The second-order valence-corrected chi connectivity index (χ2v) is 5.97. The molecule has 0 saturated carbocycles. The molecule has 2 rings (SSSR count). The van der Waals surface area contributed by atoms with E-state index in [0.29, 0.717) is 11.3 Å². The van der Waals surface area contributed by atoms with Crippen molar-refractivity contribution in [1.82, 2.24) is 0 Å². The van der Waals surface area contributed by atoms with E-state index in [1.165, 1.54) is 7.11 Å². The van der Waals surface area contributed by atoms with Gasteiger partial charge < -0.3 is 8.92 Å². The molecule has 0 fully saturated rings. The van der Waals surface area contributed by atoms with E-state index in [2.05, 4.69) is 0 Å². The van der Waals surface area contributed by atoms with E-state index in [-0.39, 0.29) is 10.6 Å². The fourth-order valence-corrected chi connectivity index (χ4v) is 3.08. The van der Waals surface area contributed by atoms with Crippen LogP contribution in [0.2, 0.25) is 0 Å². The predicted octanol–water partition coefficient (Wildman–Crippen LogP) is 3.08. The number of methoxy groups -OCH3 is 1. The molecule has 20 heavy (non-hydrogen) atoms. The maximum Gasteiger partial charge on any atom is 0.339 e. The third-order valence-electron chi connectivity index (χ3n) is 2.88. The monoisotopic (exact) mass is 292 g/mol. The van der Waals surface area contributed by atoms with E-state index >= 15 is 0 Å². The van der Waals surface area contributed by atoms with Crippen molar-refractivity contribution in [3.05, 3.63) is 53.6 Å². The average Bonchev–Trinajstić information content (AvgIpc) is 2.41. The second kappa shape index (κ2) is 5.54. The predicted molar refractivity (Wildman–Crippen MR) is 76.7 cm³/mol.